The minimum Gasteiger partial charge on any atom is -0.542 e. The number of hydrogen-bond donors (Lipinski definition) is 0. The molecule has 0 rings (SSSR count). The normalized spacial score (nSPS) is 15.1. The molecule has 2 atom stereocenters. The molecule has 0 bridgehead atoms. The minimum absolute atomic E-state index is 0. The Morgan fingerprint density at radius 3 is 2.20 bits per heavy atom. The van der Waals surface area contributed by atoms with Crippen molar-refractivity contribution in [2.75, 3.05) is 0 Å². The van der Waals surface area contributed by atoms with Crippen molar-refractivity contribution >= 4 is 6.29 Å². The van der Waals surface area contributed by atoms with Gasteiger partial charge >= 0.3 is 0 Å². The molecule has 1 nitrogen and oxygen atoms in total. The molecular weight excluding hydrogens is 201 g/mol. The van der Waals surface area contributed by atoms with Gasteiger partial charge in [0.15, 0.2) is 0 Å². The van der Waals surface area contributed by atoms with E-state index in [9.17, 15) is 4.79 Å². The Morgan fingerprint density at radius 1 is 1.40 bits per heavy atom. The average Bonchev–Trinajstić information content (AvgIpc) is 1.87. The molecule has 0 aromatic carbocycles. The summed E-state index contributed by atoms with van der Waals surface area (Å²) in [4.78, 5) is 10.0. The zero-order valence-corrected chi connectivity index (χ0v) is 9.89. The van der Waals surface area contributed by atoms with E-state index in [0.29, 0.717) is 5.92 Å². The van der Waals surface area contributed by atoms with Crippen molar-refractivity contribution in [1.29, 1.82) is 0 Å². The van der Waals surface area contributed by atoms with Gasteiger partial charge in [0.2, 0.25) is 0 Å². The maximum Gasteiger partial charge on any atom is 0 e. The van der Waals surface area contributed by atoms with Crippen LogP contribution in [0.25, 0.3) is 0 Å². The van der Waals surface area contributed by atoms with Gasteiger partial charge in [0, 0.05) is 32.7 Å². The predicted molar refractivity (Wildman–Crippen MR) is 38.9 cm³/mol. The minimum atomic E-state index is 0. The van der Waals surface area contributed by atoms with Crippen molar-refractivity contribution in [2.24, 2.45) is 11.8 Å². The fourth-order valence-electron chi connectivity index (χ4n) is 0.818. The van der Waals surface area contributed by atoms with Crippen molar-refractivity contribution in [3.05, 3.63) is 0 Å². The van der Waals surface area contributed by atoms with Crippen LogP contribution in [0.5, 0.6) is 0 Å². The topological polar surface area (TPSA) is 17.1 Å². The first-order valence-corrected chi connectivity index (χ1v) is 3.58. The first-order valence-electron chi connectivity index (χ1n) is 3.58. The van der Waals surface area contributed by atoms with E-state index >= 15 is 0 Å². The molecule has 0 fully saturated rings. The number of rotatable bonds is 4. The van der Waals surface area contributed by atoms with E-state index in [1.807, 2.05) is 13.2 Å². The third kappa shape index (κ3) is 6.89. The van der Waals surface area contributed by atoms with E-state index in [2.05, 4.69) is 13.8 Å². The number of hydrogen-bond acceptors (Lipinski definition) is 1. The fourth-order valence-corrected chi connectivity index (χ4v) is 0.818. The molecule has 0 aliphatic heterocycles. The maximum atomic E-state index is 10.0. The van der Waals surface area contributed by atoms with Crippen LogP contribution < -0.4 is 0 Å². The van der Waals surface area contributed by atoms with E-state index in [4.69, 9.17) is 0 Å². The Labute approximate surface area is 88.8 Å². The summed E-state index contributed by atoms with van der Waals surface area (Å²) in [5.41, 5.74) is 0. The molecule has 0 heterocycles. The van der Waals surface area contributed by atoms with Crippen LogP contribution >= 0.6 is 0 Å². The second-order valence-electron chi connectivity index (χ2n) is 2.77. The Balaban J connectivity index is 0. The SMILES string of the molecule is CCC(C)CC(C)[C-]=O.[Y]. The molecule has 0 aliphatic carbocycles. The Bertz CT molecular complexity index is 83.3. The molecule has 0 spiro atoms. The van der Waals surface area contributed by atoms with Crippen molar-refractivity contribution in [2.45, 2.75) is 33.6 Å². The summed E-state index contributed by atoms with van der Waals surface area (Å²) in [6.45, 7) is 6.22. The standard InChI is InChI=1S/C8H15O.Y/c1-4-7(2)5-8(3)6-9;/h7-8H,4-5H2,1-3H3;/q-1;. The molecule has 0 aliphatic rings. The van der Waals surface area contributed by atoms with Crippen molar-refractivity contribution in [3.63, 3.8) is 0 Å². The van der Waals surface area contributed by atoms with Gasteiger partial charge in [-0.05, 0) is 5.92 Å². The third-order valence-corrected chi connectivity index (χ3v) is 1.65. The Kier molecular flexibility index (Phi) is 10.5. The van der Waals surface area contributed by atoms with Gasteiger partial charge in [-0.15, -0.1) is 5.92 Å². The molecular formula is C8H15OY-. The van der Waals surface area contributed by atoms with Crippen LogP contribution in [0.3, 0.4) is 0 Å². The van der Waals surface area contributed by atoms with Gasteiger partial charge < -0.3 is 4.79 Å². The van der Waals surface area contributed by atoms with E-state index in [-0.39, 0.29) is 38.6 Å². The summed E-state index contributed by atoms with van der Waals surface area (Å²) < 4.78 is 0. The Hall–Kier alpha value is 0.774. The van der Waals surface area contributed by atoms with Crippen LogP contribution in [0, 0.1) is 11.8 Å². The molecule has 2 heteroatoms. The quantitative estimate of drug-likeness (QED) is 0.658. The summed E-state index contributed by atoms with van der Waals surface area (Å²) in [6.07, 6.45) is 4.12. The predicted octanol–water partition coefficient (Wildman–Crippen LogP) is 2.17. The molecule has 57 valence electrons. The summed E-state index contributed by atoms with van der Waals surface area (Å²) in [5.74, 6) is 0.793. The Morgan fingerprint density at radius 2 is 1.90 bits per heavy atom. The molecule has 0 N–H and O–H groups in total. The zero-order valence-electron chi connectivity index (χ0n) is 7.05. The van der Waals surface area contributed by atoms with Crippen LogP contribution in [-0.4, -0.2) is 6.29 Å². The molecule has 0 aromatic heterocycles. The summed E-state index contributed by atoms with van der Waals surface area (Å²) in [5, 5.41) is 0. The summed E-state index contributed by atoms with van der Waals surface area (Å²) in [6, 6.07) is 0. The van der Waals surface area contributed by atoms with Crippen LogP contribution in [0.4, 0.5) is 0 Å². The second kappa shape index (κ2) is 7.88. The van der Waals surface area contributed by atoms with Crippen molar-refractivity contribution in [1.82, 2.24) is 0 Å². The average molecular weight is 216 g/mol. The van der Waals surface area contributed by atoms with Gasteiger partial charge in [-0.2, -0.15) is 0 Å². The first kappa shape index (κ1) is 13.4. The maximum absolute atomic E-state index is 10.0. The smallest absolute Gasteiger partial charge is 0 e. The van der Waals surface area contributed by atoms with Crippen molar-refractivity contribution in [3.8, 4) is 0 Å². The van der Waals surface area contributed by atoms with E-state index < -0.39 is 0 Å². The van der Waals surface area contributed by atoms with Crippen LogP contribution in [0.2, 0.25) is 0 Å². The van der Waals surface area contributed by atoms with Gasteiger partial charge in [-0.3, -0.25) is 6.29 Å². The monoisotopic (exact) mass is 216 g/mol. The van der Waals surface area contributed by atoms with E-state index in [1.165, 1.54) is 0 Å². The van der Waals surface area contributed by atoms with Crippen LogP contribution in [0.15, 0.2) is 0 Å². The molecule has 2 unspecified atom stereocenters. The second-order valence-corrected chi connectivity index (χ2v) is 2.77. The van der Waals surface area contributed by atoms with Crippen LogP contribution in [-0.2, 0) is 37.5 Å². The van der Waals surface area contributed by atoms with Gasteiger partial charge in [-0.25, -0.2) is 0 Å². The summed E-state index contributed by atoms with van der Waals surface area (Å²) >= 11 is 0. The van der Waals surface area contributed by atoms with Crippen molar-refractivity contribution < 1.29 is 37.5 Å². The molecule has 0 aromatic rings. The zero-order chi connectivity index (χ0) is 7.28. The van der Waals surface area contributed by atoms with Gasteiger partial charge in [-0.1, -0.05) is 33.6 Å². The van der Waals surface area contributed by atoms with Gasteiger partial charge in [0.05, 0.1) is 0 Å². The largest absolute Gasteiger partial charge is 0.542 e. The molecule has 0 amide bonds. The number of carbonyl (C=O) groups excluding carboxylic acids is 1. The van der Waals surface area contributed by atoms with E-state index in [1.54, 1.807) is 0 Å². The summed E-state index contributed by atoms with van der Waals surface area (Å²) in [7, 11) is 0. The van der Waals surface area contributed by atoms with E-state index in [0.717, 1.165) is 12.8 Å². The first-order chi connectivity index (χ1) is 4.20. The molecule has 0 saturated carbocycles. The van der Waals surface area contributed by atoms with Crippen LogP contribution in [0.1, 0.15) is 33.6 Å². The van der Waals surface area contributed by atoms with Gasteiger partial charge in [0.25, 0.3) is 0 Å². The fraction of sp³-hybridized carbons (Fsp3) is 0.875. The third-order valence-electron chi connectivity index (χ3n) is 1.65. The van der Waals surface area contributed by atoms with Gasteiger partial charge in [0.1, 0.15) is 0 Å². The molecule has 0 saturated heterocycles. The molecule has 10 heavy (non-hydrogen) atoms. The molecule has 1 radical (unpaired) electrons.